The van der Waals surface area contributed by atoms with Gasteiger partial charge in [0.25, 0.3) is 0 Å². The van der Waals surface area contributed by atoms with Crippen LogP contribution in [0.25, 0.3) is 0 Å². The molecule has 1 fully saturated rings. The zero-order chi connectivity index (χ0) is 24.1. The second-order valence-electron chi connectivity index (χ2n) is 7.83. The van der Waals surface area contributed by atoms with Crippen molar-refractivity contribution in [3.8, 4) is 0 Å². The number of carboxylic acid groups (broad SMARTS) is 1. The topological polar surface area (TPSA) is 176 Å². The molecule has 2 rings (SSSR count). The monoisotopic (exact) mass is 468 g/mol. The van der Waals surface area contributed by atoms with Crippen LogP contribution in [0.2, 0.25) is 0 Å². The molecule has 0 bridgehead atoms. The lowest BCUT2D eigenvalue weighted by Crippen LogP contribution is -2.51. The summed E-state index contributed by atoms with van der Waals surface area (Å²) >= 11 is 0. The van der Waals surface area contributed by atoms with E-state index < -0.39 is 58.1 Å². The minimum Gasteiger partial charge on any atom is -0.480 e. The van der Waals surface area contributed by atoms with Crippen LogP contribution in [-0.4, -0.2) is 67.3 Å². The van der Waals surface area contributed by atoms with Gasteiger partial charge in [0.2, 0.25) is 27.7 Å². The second-order valence-corrected chi connectivity index (χ2v) is 9.54. The number of rotatable bonds is 9. The van der Waals surface area contributed by atoms with Gasteiger partial charge in [0.05, 0.1) is 17.4 Å². The van der Waals surface area contributed by atoms with Gasteiger partial charge in [-0.3, -0.25) is 14.4 Å². The van der Waals surface area contributed by atoms with Gasteiger partial charge in [0.1, 0.15) is 6.04 Å². The summed E-state index contributed by atoms with van der Waals surface area (Å²) in [5.41, 5.74) is 5.91. The Morgan fingerprint density at radius 1 is 1.16 bits per heavy atom. The lowest BCUT2D eigenvalue weighted by molar-refractivity contribution is -0.144. The van der Waals surface area contributed by atoms with Crippen LogP contribution < -0.4 is 15.8 Å². The molecule has 5 N–H and O–H groups in total. The highest BCUT2D eigenvalue weighted by Gasteiger charge is 2.33. The maximum atomic E-state index is 12.7. The highest BCUT2D eigenvalue weighted by molar-refractivity contribution is 7.89. The van der Waals surface area contributed by atoms with Crippen molar-refractivity contribution in [2.24, 2.45) is 11.7 Å². The van der Waals surface area contributed by atoms with Gasteiger partial charge in [-0.05, 0) is 38.8 Å². The summed E-state index contributed by atoms with van der Waals surface area (Å²) in [5.74, 6) is -3.69. The van der Waals surface area contributed by atoms with Gasteiger partial charge in [0.15, 0.2) is 0 Å². The SMILES string of the molecule is Cc1ccc(S(=O)(=O)N[C@@H](C)C(=O)N2CCC(C(=O)N[C@@H](CC(N)=O)C(=O)O)CC2)cc1. The summed E-state index contributed by atoms with van der Waals surface area (Å²) in [6, 6.07) is 3.84. The number of piperidine rings is 1. The Morgan fingerprint density at radius 3 is 2.22 bits per heavy atom. The van der Waals surface area contributed by atoms with Gasteiger partial charge in [-0.25, -0.2) is 13.2 Å². The molecule has 0 aromatic heterocycles. The van der Waals surface area contributed by atoms with E-state index in [4.69, 9.17) is 10.8 Å². The number of likely N-dealkylation sites (tertiary alicyclic amines) is 1. The van der Waals surface area contributed by atoms with Crippen LogP contribution in [0.1, 0.15) is 31.7 Å². The number of nitrogens with zero attached hydrogens (tertiary/aromatic N) is 1. The zero-order valence-corrected chi connectivity index (χ0v) is 18.7. The third kappa shape index (κ3) is 6.76. The second kappa shape index (κ2) is 10.6. The molecule has 0 spiro atoms. The summed E-state index contributed by atoms with van der Waals surface area (Å²) in [6.45, 7) is 3.70. The van der Waals surface area contributed by atoms with E-state index in [2.05, 4.69) is 10.0 Å². The van der Waals surface area contributed by atoms with Crippen molar-refractivity contribution < 1.29 is 32.7 Å². The van der Waals surface area contributed by atoms with E-state index in [1.807, 2.05) is 6.92 Å². The fraction of sp³-hybridized carbons (Fsp3) is 0.500. The lowest BCUT2D eigenvalue weighted by Gasteiger charge is -2.33. The van der Waals surface area contributed by atoms with Crippen molar-refractivity contribution in [2.45, 2.75) is 50.1 Å². The number of benzene rings is 1. The zero-order valence-electron chi connectivity index (χ0n) is 17.9. The van der Waals surface area contributed by atoms with Crippen LogP contribution >= 0.6 is 0 Å². The summed E-state index contributed by atoms with van der Waals surface area (Å²) < 4.78 is 27.4. The van der Waals surface area contributed by atoms with Gasteiger partial charge in [-0.15, -0.1) is 0 Å². The molecule has 0 saturated carbocycles. The first-order valence-electron chi connectivity index (χ1n) is 10.1. The van der Waals surface area contributed by atoms with Gasteiger partial charge >= 0.3 is 5.97 Å². The Morgan fingerprint density at radius 2 is 1.72 bits per heavy atom. The van der Waals surface area contributed by atoms with Crippen LogP contribution in [0, 0.1) is 12.8 Å². The van der Waals surface area contributed by atoms with Gasteiger partial charge < -0.3 is 21.1 Å². The molecule has 0 unspecified atom stereocenters. The Bertz CT molecular complexity index is 970. The molecule has 1 aliphatic heterocycles. The number of carbonyl (C=O) groups excluding carboxylic acids is 3. The standard InChI is InChI=1S/C20H28N4O7S/c1-12-3-5-15(6-4-12)32(30,31)23-13(2)19(27)24-9-7-14(8-10-24)18(26)22-16(20(28)29)11-17(21)25/h3-6,13-14,16,23H,7-11H2,1-2H3,(H2,21,25)(H,22,26)(H,28,29)/t13-,16-/m0/s1. The van der Waals surface area contributed by atoms with Crippen LogP contribution in [0.15, 0.2) is 29.2 Å². The minimum absolute atomic E-state index is 0.0575. The van der Waals surface area contributed by atoms with Gasteiger partial charge in [-0.1, -0.05) is 17.7 Å². The Hall–Kier alpha value is -2.99. The number of hydrogen-bond acceptors (Lipinski definition) is 6. The molecular formula is C20H28N4O7S. The molecular weight excluding hydrogens is 440 g/mol. The number of sulfonamides is 1. The fourth-order valence-electron chi connectivity index (χ4n) is 3.40. The van der Waals surface area contributed by atoms with Gasteiger partial charge in [0, 0.05) is 19.0 Å². The first-order valence-corrected chi connectivity index (χ1v) is 11.6. The molecule has 176 valence electrons. The molecule has 12 heteroatoms. The molecule has 0 aliphatic carbocycles. The molecule has 1 saturated heterocycles. The Kier molecular flexibility index (Phi) is 8.33. The average molecular weight is 469 g/mol. The molecule has 32 heavy (non-hydrogen) atoms. The Balaban J connectivity index is 1.91. The van der Waals surface area contributed by atoms with Crippen molar-refractivity contribution >= 4 is 33.7 Å². The highest BCUT2D eigenvalue weighted by Crippen LogP contribution is 2.19. The number of aryl methyl sites for hydroxylation is 1. The lowest BCUT2D eigenvalue weighted by atomic mass is 9.95. The first kappa shape index (κ1) is 25.3. The van der Waals surface area contributed by atoms with E-state index in [9.17, 15) is 27.6 Å². The largest absolute Gasteiger partial charge is 0.480 e. The van der Waals surface area contributed by atoms with E-state index in [-0.39, 0.29) is 30.8 Å². The number of aliphatic carboxylic acids is 1. The van der Waals surface area contributed by atoms with E-state index in [0.717, 1.165) is 5.56 Å². The quantitative estimate of drug-likeness (QED) is 0.372. The number of nitrogens with one attached hydrogen (secondary N) is 2. The van der Waals surface area contributed by atoms with E-state index in [1.165, 1.54) is 24.0 Å². The maximum absolute atomic E-state index is 12.7. The van der Waals surface area contributed by atoms with E-state index in [1.54, 1.807) is 12.1 Å². The normalized spacial score (nSPS) is 16.8. The predicted molar refractivity (Wildman–Crippen MR) is 114 cm³/mol. The molecule has 1 aliphatic rings. The number of amides is 3. The van der Waals surface area contributed by atoms with Gasteiger partial charge in [-0.2, -0.15) is 4.72 Å². The first-order chi connectivity index (χ1) is 14.9. The number of nitrogens with two attached hydrogens (primary N) is 1. The number of carbonyl (C=O) groups is 4. The van der Waals surface area contributed by atoms with E-state index in [0.29, 0.717) is 0 Å². The molecule has 1 aromatic carbocycles. The number of carboxylic acids is 1. The van der Waals surface area contributed by atoms with Crippen LogP contribution in [-0.2, 0) is 29.2 Å². The summed E-state index contributed by atoms with van der Waals surface area (Å²) in [5, 5.41) is 11.4. The van der Waals surface area contributed by atoms with Crippen molar-refractivity contribution in [2.75, 3.05) is 13.1 Å². The predicted octanol–water partition coefficient (Wildman–Crippen LogP) is -0.655. The van der Waals surface area contributed by atoms with Crippen LogP contribution in [0.4, 0.5) is 0 Å². The molecule has 1 aromatic rings. The molecule has 0 radical (unpaired) electrons. The van der Waals surface area contributed by atoms with E-state index >= 15 is 0 Å². The summed E-state index contributed by atoms with van der Waals surface area (Å²) in [7, 11) is -3.87. The molecule has 11 nitrogen and oxygen atoms in total. The van der Waals surface area contributed by atoms with Crippen molar-refractivity contribution in [1.29, 1.82) is 0 Å². The Labute approximate surface area is 186 Å². The molecule has 1 heterocycles. The average Bonchev–Trinajstić information content (AvgIpc) is 2.72. The molecule has 2 atom stereocenters. The fourth-order valence-corrected chi connectivity index (χ4v) is 4.59. The van der Waals surface area contributed by atoms with Crippen LogP contribution in [0.5, 0.6) is 0 Å². The van der Waals surface area contributed by atoms with Crippen molar-refractivity contribution in [1.82, 2.24) is 14.9 Å². The summed E-state index contributed by atoms with van der Waals surface area (Å²) in [6.07, 6.45) is 0.0346. The highest BCUT2D eigenvalue weighted by atomic mass is 32.2. The third-order valence-electron chi connectivity index (χ3n) is 5.23. The van der Waals surface area contributed by atoms with Crippen molar-refractivity contribution in [3.05, 3.63) is 29.8 Å². The smallest absolute Gasteiger partial charge is 0.326 e. The third-order valence-corrected chi connectivity index (χ3v) is 6.79. The number of hydrogen-bond donors (Lipinski definition) is 4. The maximum Gasteiger partial charge on any atom is 0.326 e. The summed E-state index contributed by atoms with van der Waals surface area (Å²) in [4.78, 5) is 48.7. The van der Waals surface area contributed by atoms with Crippen LogP contribution in [0.3, 0.4) is 0 Å². The molecule has 3 amide bonds. The minimum atomic E-state index is -3.87. The van der Waals surface area contributed by atoms with Crippen molar-refractivity contribution in [3.63, 3.8) is 0 Å². The number of primary amides is 1.